The molecule has 0 amide bonds. The minimum absolute atomic E-state index is 0. The van der Waals surface area contributed by atoms with Crippen LogP contribution in [0.5, 0.6) is 0 Å². The summed E-state index contributed by atoms with van der Waals surface area (Å²) in [5.41, 5.74) is 2.70. The summed E-state index contributed by atoms with van der Waals surface area (Å²) in [7, 11) is 0. The molecule has 0 radical (unpaired) electrons. The maximum atomic E-state index is 3.84. The Hall–Kier alpha value is 0.146. The van der Waals surface area contributed by atoms with Crippen LogP contribution in [0.25, 0.3) is 0 Å². The molecule has 0 aromatic heterocycles. The van der Waals surface area contributed by atoms with Crippen molar-refractivity contribution in [3.63, 3.8) is 0 Å². The Labute approximate surface area is 104 Å². The third kappa shape index (κ3) is 4.80. The van der Waals surface area contributed by atoms with Crippen LogP contribution in [0, 0.1) is 6.92 Å². The number of benzene rings is 1. The van der Waals surface area contributed by atoms with E-state index in [0.29, 0.717) is 0 Å². The van der Waals surface area contributed by atoms with E-state index < -0.39 is 0 Å². The summed E-state index contributed by atoms with van der Waals surface area (Å²) >= 11 is 0. The summed E-state index contributed by atoms with van der Waals surface area (Å²) in [5.74, 6) is 0. The van der Waals surface area contributed by atoms with Crippen molar-refractivity contribution in [2.45, 2.75) is 26.2 Å². The van der Waals surface area contributed by atoms with Crippen molar-refractivity contribution in [2.24, 2.45) is 0 Å². The van der Waals surface area contributed by atoms with Crippen molar-refractivity contribution in [3.8, 4) is 0 Å². The molecule has 0 atom stereocenters. The predicted octanol–water partition coefficient (Wildman–Crippen LogP) is -0.211. The van der Waals surface area contributed by atoms with Gasteiger partial charge >= 0.3 is 23.1 Å². The van der Waals surface area contributed by atoms with Gasteiger partial charge in [0.15, 0.2) is 0 Å². The number of hydrogen-bond acceptors (Lipinski definition) is 0. The molecule has 0 heterocycles. The molecule has 0 nitrogen and oxygen atoms in total. The van der Waals surface area contributed by atoms with E-state index in [2.05, 4.69) is 52.0 Å². The molecule has 0 unspecified atom stereocenters. The Morgan fingerprint density at radius 2 is 1.38 bits per heavy atom. The van der Waals surface area contributed by atoms with Gasteiger partial charge in [0, 0.05) is 0 Å². The Bertz CT molecular complexity index is 233. The number of hydrogen-bond donors (Lipinski definition) is 0. The van der Waals surface area contributed by atoms with Crippen molar-refractivity contribution in [3.05, 3.63) is 42.3 Å². The monoisotopic (exact) mass is 206 g/mol. The summed E-state index contributed by atoms with van der Waals surface area (Å²) in [5, 5.41) is 0. The molecule has 1 rings (SSSR count). The van der Waals surface area contributed by atoms with Crippen molar-refractivity contribution in [1.82, 2.24) is 0 Å². The van der Waals surface area contributed by atoms with E-state index in [0.717, 1.165) is 5.56 Å². The molecule has 68 valence electrons. The minimum Gasteiger partial charge on any atom is -1.00 e. The molecule has 2 heteroatoms. The van der Waals surface area contributed by atoms with E-state index in [4.69, 9.17) is 0 Å². The van der Waals surface area contributed by atoms with Crippen LogP contribution in [0.15, 0.2) is 24.3 Å². The van der Waals surface area contributed by atoms with Crippen LogP contribution in [0.3, 0.4) is 0 Å². The maximum Gasteiger partial charge on any atom is 2.00 e. The zero-order valence-electron chi connectivity index (χ0n) is 8.60. The zero-order chi connectivity index (χ0) is 8.48. The summed E-state index contributed by atoms with van der Waals surface area (Å²) < 4.78 is 0. The van der Waals surface area contributed by atoms with Crippen molar-refractivity contribution >= 4 is 23.1 Å². The molecule has 13 heavy (non-hydrogen) atoms. The molecule has 0 fully saturated rings. The smallest absolute Gasteiger partial charge is 1.00 e. The molecule has 0 aliphatic rings. The SMILES string of the molecule is [CH2-]c1ccc(C(C)(C)C)cc1.[Cl-].[Mg+2]. The van der Waals surface area contributed by atoms with E-state index in [-0.39, 0.29) is 40.9 Å². The first-order valence-corrected chi connectivity index (χ1v) is 3.92. The summed E-state index contributed by atoms with van der Waals surface area (Å²) in [6, 6.07) is 8.39. The quantitative estimate of drug-likeness (QED) is 0.408. The van der Waals surface area contributed by atoms with Gasteiger partial charge in [0.2, 0.25) is 0 Å². The summed E-state index contributed by atoms with van der Waals surface area (Å²) in [4.78, 5) is 0. The maximum absolute atomic E-state index is 3.84. The van der Waals surface area contributed by atoms with Crippen molar-refractivity contribution < 1.29 is 12.4 Å². The van der Waals surface area contributed by atoms with Crippen LogP contribution in [0.1, 0.15) is 31.9 Å². The minimum atomic E-state index is 0. The van der Waals surface area contributed by atoms with Gasteiger partial charge in [-0.15, -0.1) is 12.1 Å². The Morgan fingerprint density at radius 3 is 1.69 bits per heavy atom. The predicted molar refractivity (Wildman–Crippen MR) is 55.4 cm³/mol. The Morgan fingerprint density at radius 1 is 1.00 bits per heavy atom. The topological polar surface area (TPSA) is 0 Å². The second kappa shape index (κ2) is 5.79. The second-order valence-corrected chi connectivity index (χ2v) is 3.95. The van der Waals surface area contributed by atoms with E-state index in [1.807, 2.05) is 0 Å². The van der Waals surface area contributed by atoms with Crippen LogP contribution in [-0.2, 0) is 5.41 Å². The van der Waals surface area contributed by atoms with Gasteiger partial charge in [0.1, 0.15) is 0 Å². The van der Waals surface area contributed by atoms with Crippen molar-refractivity contribution in [2.75, 3.05) is 0 Å². The Kier molecular flexibility index (Phi) is 6.95. The van der Waals surface area contributed by atoms with Crippen LogP contribution in [0.4, 0.5) is 0 Å². The molecule has 0 bridgehead atoms. The fourth-order valence-electron chi connectivity index (χ4n) is 1.00. The van der Waals surface area contributed by atoms with Crippen LogP contribution < -0.4 is 12.4 Å². The fraction of sp³-hybridized carbons (Fsp3) is 0.364. The van der Waals surface area contributed by atoms with Gasteiger partial charge in [-0.3, -0.25) is 0 Å². The Balaban J connectivity index is 0. The molecular weight excluding hydrogens is 192 g/mol. The third-order valence-corrected chi connectivity index (χ3v) is 1.82. The average Bonchev–Trinajstić information content (AvgIpc) is 1.86. The average molecular weight is 207 g/mol. The van der Waals surface area contributed by atoms with E-state index in [9.17, 15) is 0 Å². The van der Waals surface area contributed by atoms with Crippen LogP contribution in [0.2, 0.25) is 0 Å². The molecular formula is C11H15ClMg. The molecule has 0 N–H and O–H groups in total. The fourth-order valence-corrected chi connectivity index (χ4v) is 1.00. The van der Waals surface area contributed by atoms with Gasteiger partial charge in [-0.05, 0) is 5.41 Å². The van der Waals surface area contributed by atoms with Crippen molar-refractivity contribution in [1.29, 1.82) is 0 Å². The first kappa shape index (κ1) is 15.6. The van der Waals surface area contributed by atoms with Gasteiger partial charge in [0.25, 0.3) is 0 Å². The van der Waals surface area contributed by atoms with Gasteiger partial charge in [-0.2, -0.15) is 24.6 Å². The molecule has 0 saturated carbocycles. The molecule has 1 aromatic carbocycles. The van der Waals surface area contributed by atoms with E-state index in [1.54, 1.807) is 0 Å². The molecule has 0 spiro atoms. The van der Waals surface area contributed by atoms with Gasteiger partial charge < -0.3 is 12.4 Å². The number of rotatable bonds is 0. The largest absolute Gasteiger partial charge is 2.00 e. The summed E-state index contributed by atoms with van der Waals surface area (Å²) in [6.07, 6.45) is 0. The second-order valence-electron chi connectivity index (χ2n) is 3.95. The zero-order valence-corrected chi connectivity index (χ0v) is 10.8. The molecule has 1 aromatic rings. The van der Waals surface area contributed by atoms with Crippen LogP contribution >= 0.6 is 0 Å². The van der Waals surface area contributed by atoms with Gasteiger partial charge in [-0.25, -0.2) is 0 Å². The first-order chi connectivity index (χ1) is 5.00. The van der Waals surface area contributed by atoms with Gasteiger partial charge in [-0.1, -0.05) is 26.3 Å². The first-order valence-electron chi connectivity index (χ1n) is 3.92. The number of halogens is 1. The van der Waals surface area contributed by atoms with Crippen LogP contribution in [-0.4, -0.2) is 23.1 Å². The molecule has 0 aliphatic carbocycles. The van der Waals surface area contributed by atoms with E-state index >= 15 is 0 Å². The van der Waals surface area contributed by atoms with Gasteiger partial charge in [0.05, 0.1) is 0 Å². The third-order valence-electron chi connectivity index (χ3n) is 1.82. The standard InChI is InChI=1S/C11H15.ClH.Mg/c1-9-5-7-10(8-6-9)11(2,3)4;;/h5-8H,1H2,2-4H3;1H;/q-1;;+2/p-1. The van der Waals surface area contributed by atoms with E-state index in [1.165, 1.54) is 5.56 Å². The molecule has 0 saturated heterocycles. The molecule has 0 aliphatic heterocycles. The normalized spacial score (nSPS) is 9.77. The summed E-state index contributed by atoms with van der Waals surface area (Å²) in [6.45, 7) is 10.5.